The van der Waals surface area contributed by atoms with Gasteiger partial charge in [-0.05, 0) is 12.1 Å². The van der Waals surface area contributed by atoms with Crippen molar-refractivity contribution in [2.24, 2.45) is 0 Å². The van der Waals surface area contributed by atoms with Crippen LogP contribution in [0.1, 0.15) is 0 Å². The topological polar surface area (TPSA) is 38.9 Å². The summed E-state index contributed by atoms with van der Waals surface area (Å²) in [7, 11) is 0. The number of pyridine rings is 1. The summed E-state index contributed by atoms with van der Waals surface area (Å²) in [6, 6.07) is 1.30. The van der Waals surface area contributed by atoms with Crippen LogP contribution in [0.3, 0.4) is 0 Å². The number of benzene rings is 2. The van der Waals surface area contributed by atoms with Gasteiger partial charge in [0.05, 0.1) is 28.2 Å². The average molecular weight is 426 g/mol. The molecule has 0 unspecified atom stereocenters. The number of hydrogen-bond acceptors (Lipinski definition) is 2. The summed E-state index contributed by atoms with van der Waals surface area (Å²) >= 11 is 0. The fourth-order valence-electron chi connectivity index (χ4n) is 2.45. The van der Waals surface area contributed by atoms with Crippen LogP contribution in [0.5, 0.6) is 0 Å². The van der Waals surface area contributed by atoms with Crippen LogP contribution in [0.25, 0.3) is 22.5 Å². The van der Waals surface area contributed by atoms with Gasteiger partial charge in [-0.15, -0.1) is 0 Å². The summed E-state index contributed by atoms with van der Waals surface area (Å²) in [5.74, 6) is -23.7. The molecule has 3 rings (SSSR count). The Bertz CT molecular complexity index is 1120. The number of nitrogen functional groups attached to an aromatic ring is 1. The predicted molar refractivity (Wildman–Crippen MR) is 79.1 cm³/mol. The van der Waals surface area contributed by atoms with Gasteiger partial charge in [0.15, 0.2) is 46.5 Å². The molecule has 2 N–H and O–H groups in total. The maximum absolute atomic E-state index is 14.0. The van der Waals surface area contributed by atoms with Crippen molar-refractivity contribution in [1.82, 2.24) is 4.98 Å². The molecule has 0 saturated heterocycles. The molecule has 1 aromatic heterocycles. The van der Waals surface area contributed by atoms with Crippen LogP contribution in [0.15, 0.2) is 12.1 Å². The van der Waals surface area contributed by atoms with Crippen LogP contribution in [-0.4, -0.2) is 4.98 Å². The van der Waals surface area contributed by atoms with E-state index >= 15 is 0 Å². The van der Waals surface area contributed by atoms with Gasteiger partial charge in [-0.2, -0.15) is 0 Å². The lowest BCUT2D eigenvalue weighted by Gasteiger charge is -2.13. The lowest BCUT2D eigenvalue weighted by atomic mass is 10.0. The van der Waals surface area contributed by atoms with Crippen molar-refractivity contribution < 1.29 is 43.9 Å². The van der Waals surface area contributed by atoms with Crippen molar-refractivity contribution >= 4 is 5.69 Å². The second kappa shape index (κ2) is 6.94. The summed E-state index contributed by atoms with van der Waals surface area (Å²) in [6.07, 6.45) is 0. The number of halogens is 10. The van der Waals surface area contributed by atoms with Gasteiger partial charge in [0, 0.05) is 0 Å². The Morgan fingerprint density at radius 1 is 0.483 bits per heavy atom. The lowest BCUT2D eigenvalue weighted by molar-refractivity contribution is 0.380. The van der Waals surface area contributed by atoms with Gasteiger partial charge in [0.1, 0.15) is 0 Å². The Labute approximate surface area is 154 Å². The molecular weight excluding hydrogens is 422 g/mol. The molecule has 0 aliphatic carbocycles. The zero-order valence-electron chi connectivity index (χ0n) is 13.5. The minimum atomic E-state index is -2.49. The molecule has 0 aliphatic heterocycles. The minimum Gasteiger partial charge on any atom is -0.397 e. The van der Waals surface area contributed by atoms with Crippen molar-refractivity contribution in [1.29, 1.82) is 0 Å². The molecule has 0 atom stereocenters. The second-order valence-corrected chi connectivity index (χ2v) is 5.52. The number of nitrogens with two attached hydrogens (primary N) is 1. The lowest BCUT2D eigenvalue weighted by Crippen LogP contribution is -2.08. The third-order valence-electron chi connectivity index (χ3n) is 3.84. The molecule has 0 aliphatic rings. The molecule has 152 valence electrons. The number of rotatable bonds is 2. The maximum atomic E-state index is 14.0. The molecule has 0 radical (unpaired) electrons. The summed E-state index contributed by atoms with van der Waals surface area (Å²) in [5.41, 5.74) is -0.773. The molecular formula is C17H4F10N2. The number of nitrogens with zero attached hydrogens (tertiary/aromatic N) is 1. The van der Waals surface area contributed by atoms with Crippen molar-refractivity contribution in [3.63, 3.8) is 0 Å². The Morgan fingerprint density at radius 2 is 0.828 bits per heavy atom. The van der Waals surface area contributed by atoms with E-state index in [0.29, 0.717) is 12.1 Å². The summed E-state index contributed by atoms with van der Waals surface area (Å²) in [5, 5.41) is 0. The molecule has 29 heavy (non-hydrogen) atoms. The molecule has 0 fully saturated rings. The highest BCUT2D eigenvalue weighted by molar-refractivity contribution is 5.77. The molecule has 2 aromatic carbocycles. The molecule has 0 amide bonds. The number of hydrogen-bond donors (Lipinski definition) is 1. The molecule has 0 saturated carbocycles. The Kier molecular flexibility index (Phi) is 4.89. The quantitative estimate of drug-likeness (QED) is 0.339. The van der Waals surface area contributed by atoms with Gasteiger partial charge in [0.25, 0.3) is 0 Å². The molecule has 0 spiro atoms. The highest BCUT2D eigenvalue weighted by Gasteiger charge is 2.31. The van der Waals surface area contributed by atoms with E-state index < -0.39 is 86.4 Å². The van der Waals surface area contributed by atoms with Crippen LogP contribution >= 0.6 is 0 Å². The highest BCUT2D eigenvalue weighted by Crippen LogP contribution is 2.37. The van der Waals surface area contributed by atoms with Gasteiger partial charge in [-0.1, -0.05) is 0 Å². The van der Waals surface area contributed by atoms with Crippen molar-refractivity contribution in [3.8, 4) is 22.5 Å². The first kappa shape index (κ1) is 20.4. The average Bonchev–Trinajstić information content (AvgIpc) is 2.70. The predicted octanol–water partition coefficient (Wildman–Crippen LogP) is 5.39. The van der Waals surface area contributed by atoms with Gasteiger partial charge in [0.2, 0.25) is 11.6 Å². The van der Waals surface area contributed by atoms with Crippen LogP contribution in [0, 0.1) is 58.2 Å². The van der Waals surface area contributed by atoms with Crippen molar-refractivity contribution in [3.05, 3.63) is 70.3 Å². The monoisotopic (exact) mass is 426 g/mol. The van der Waals surface area contributed by atoms with Crippen molar-refractivity contribution in [2.75, 3.05) is 5.73 Å². The summed E-state index contributed by atoms with van der Waals surface area (Å²) < 4.78 is 136. The van der Waals surface area contributed by atoms with Gasteiger partial charge >= 0.3 is 0 Å². The van der Waals surface area contributed by atoms with E-state index in [1.807, 2.05) is 0 Å². The van der Waals surface area contributed by atoms with E-state index in [1.165, 1.54) is 0 Å². The Balaban J connectivity index is 2.37. The normalized spacial score (nSPS) is 11.2. The van der Waals surface area contributed by atoms with Crippen LogP contribution < -0.4 is 5.73 Å². The number of aromatic nitrogens is 1. The fourth-order valence-corrected chi connectivity index (χ4v) is 2.45. The third kappa shape index (κ3) is 2.95. The van der Waals surface area contributed by atoms with Gasteiger partial charge in [-0.3, -0.25) is 0 Å². The van der Waals surface area contributed by atoms with Gasteiger partial charge < -0.3 is 5.73 Å². The van der Waals surface area contributed by atoms with Crippen LogP contribution in [-0.2, 0) is 0 Å². The van der Waals surface area contributed by atoms with Gasteiger partial charge in [-0.25, -0.2) is 48.9 Å². The standard InChI is InChI=1S/C17H4F10N2/c18-7-5(8(19)12(23)15(26)11(7)22)4-2-1-3(28)17(29-4)6-9(20)13(24)16(27)14(25)10(6)21/h1-2H,28H2. The molecule has 12 heteroatoms. The first-order valence-corrected chi connectivity index (χ1v) is 7.29. The van der Waals surface area contributed by atoms with E-state index in [2.05, 4.69) is 4.98 Å². The molecule has 3 aromatic rings. The minimum absolute atomic E-state index is 0.628. The zero-order valence-corrected chi connectivity index (χ0v) is 13.5. The smallest absolute Gasteiger partial charge is 0.200 e. The molecule has 2 nitrogen and oxygen atoms in total. The van der Waals surface area contributed by atoms with Crippen LogP contribution in [0.4, 0.5) is 49.6 Å². The number of anilines is 1. The van der Waals surface area contributed by atoms with E-state index in [0.717, 1.165) is 0 Å². The summed E-state index contributed by atoms with van der Waals surface area (Å²) in [6.45, 7) is 0. The molecule has 1 heterocycles. The SMILES string of the molecule is Nc1ccc(-c2c(F)c(F)c(F)c(F)c2F)nc1-c1c(F)c(F)c(F)c(F)c1F. The highest BCUT2D eigenvalue weighted by atomic mass is 19.2. The first-order chi connectivity index (χ1) is 13.5. The van der Waals surface area contributed by atoms with E-state index in [9.17, 15) is 43.9 Å². The van der Waals surface area contributed by atoms with E-state index in [-0.39, 0.29) is 0 Å². The third-order valence-corrected chi connectivity index (χ3v) is 3.84. The van der Waals surface area contributed by atoms with Crippen LogP contribution in [0.2, 0.25) is 0 Å². The zero-order chi connectivity index (χ0) is 21.8. The fraction of sp³-hybridized carbons (Fsp3) is 0. The van der Waals surface area contributed by atoms with E-state index in [4.69, 9.17) is 5.73 Å². The Hall–Kier alpha value is -3.31. The summed E-state index contributed by atoms with van der Waals surface area (Å²) in [4.78, 5) is 3.28. The van der Waals surface area contributed by atoms with E-state index in [1.54, 1.807) is 0 Å². The molecule has 0 bridgehead atoms. The maximum Gasteiger partial charge on any atom is 0.200 e. The van der Waals surface area contributed by atoms with Crippen molar-refractivity contribution in [2.45, 2.75) is 0 Å². The first-order valence-electron chi connectivity index (χ1n) is 7.29. The largest absolute Gasteiger partial charge is 0.397 e. The second-order valence-electron chi connectivity index (χ2n) is 5.52. The Morgan fingerprint density at radius 3 is 1.24 bits per heavy atom.